The van der Waals surface area contributed by atoms with Crippen LogP contribution in [0.1, 0.15) is 22.7 Å². The van der Waals surface area contributed by atoms with E-state index in [0.29, 0.717) is 22.0 Å². The molecule has 2 rings (SSSR count). The summed E-state index contributed by atoms with van der Waals surface area (Å²) in [5, 5.41) is 1.02. The van der Waals surface area contributed by atoms with Crippen molar-refractivity contribution in [1.29, 1.82) is 0 Å². The van der Waals surface area contributed by atoms with Gasteiger partial charge in [-0.25, -0.2) is 4.39 Å². The second kappa shape index (κ2) is 5.91. The van der Waals surface area contributed by atoms with Crippen LogP contribution in [0.2, 0.25) is 10.0 Å². The first-order valence-electron chi connectivity index (χ1n) is 5.92. The van der Waals surface area contributed by atoms with Crippen LogP contribution in [0, 0.1) is 12.7 Å². The SMILES string of the molecule is Cc1cc(Cl)cc(C(N)Cc2ccc(Cl)cc2F)c1. The topological polar surface area (TPSA) is 26.0 Å². The van der Waals surface area contributed by atoms with E-state index in [2.05, 4.69) is 0 Å². The monoisotopic (exact) mass is 297 g/mol. The van der Waals surface area contributed by atoms with Gasteiger partial charge < -0.3 is 5.73 Å². The molecule has 19 heavy (non-hydrogen) atoms. The van der Waals surface area contributed by atoms with Crippen LogP contribution in [0.4, 0.5) is 4.39 Å². The van der Waals surface area contributed by atoms with Gasteiger partial charge in [-0.1, -0.05) is 35.3 Å². The van der Waals surface area contributed by atoms with Crippen LogP contribution < -0.4 is 5.73 Å². The lowest BCUT2D eigenvalue weighted by molar-refractivity contribution is 0.593. The van der Waals surface area contributed by atoms with Gasteiger partial charge in [0, 0.05) is 16.1 Å². The first-order valence-corrected chi connectivity index (χ1v) is 6.68. The fourth-order valence-electron chi connectivity index (χ4n) is 2.02. The van der Waals surface area contributed by atoms with Crippen molar-refractivity contribution in [3.8, 4) is 0 Å². The van der Waals surface area contributed by atoms with Crippen LogP contribution in [0.15, 0.2) is 36.4 Å². The van der Waals surface area contributed by atoms with E-state index in [1.165, 1.54) is 6.07 Å². The van der Waals surface area contributed by atoms with E-state index in [-0.39, 0.29) is 11.9 Å². The summed E-state index contributed by atoms with van der Waals surface area (Å²) in [6.07, 6.45) is 0.406. The van der Waals surface area contributed by atoms with Gasteiger partial charge in [-0.05, 0) is 54.3 Å². The third-order valence-electron chi connectivity index (χ3n) is 2.95. The molecular weight excluding hydrogens is 284 g/mol. The van der Waals surface area contributed by atoms with Crippen molar-refractivity contribution in [1.82, 2.24) is 0 Å². The number of aryl methyl sites for hydroxylation is 1. The Balaban J connectivity index is 2.22. The molecule has 0 bridgehead atoms. The lowest BCUT2D eigenvalue weighted by Crippen LogP contribution is -2.14. The summed E-state index contributed by atoms with van der Waals surface area (Å²) in [6, 6.07) is 9.96. The van der Waals surface area contributed by atoms with Gasteiger partial charge in [-0.2, -0.15) is 0 Å². The largest absolute Gasteiger partial charge is 0.324 e. The number of rotatable bonds is 3. The van der Waals surface area contributed by atoms with Gasteiger partial charge in [0.2, 0.25) is 0 Å². The highest BCUT2D eigenvalue weighted by molar-refractivity contribution is 6.30. The molecule has 0 aliphatic carbocycles. The quantitative estimate of drug-likeness (QED) is 0.874. The molecule has 2 aromatic carbocycles. The van der Waals surface area contributed by atoms with Crippen molar-refractivity contribution in [2.24, 2.45) is 5.73 Å². The molecule has 100 valence electrons. The van der Waals surface area contributed by atoms with E-state index >= 15 is 0 Å². The van der Waals surface area contributed by atoms with E-state index in [1.807, 2.05) is 25.1 Å². The zero-order valence-electron chi connectivity index (χ0n) is 10.5. The van der Waals surface area contributed by atoms with E-state index < -0.39 is 0 Å². The molecule has 0 aromatic heterocycles. The minimum Gasteiger partial charge on any atom is -0.324 e. The molecule has 0 saturated heterocycles. The molecule has 1 nitrogen and oxygen atoms in total. The Labute approximate surface area is 122 Å². The molecule has 0 amide bonds. The summed E-state index contributed by atoms with van der Waals surface area (Å²) in [7, 11) is 0. The zero-order chi connectivity index (χ0) is 14.0. The fraction of sp³-hybridized carbons (Fsp3) is 0.200. The van der Waals surface area contributed by atoms with E-state index in [1.54, 1.807) is 12.1 Å². The van der Waals surface area contributed by atoms with Gasteiger partial charge in [-0.15, -0.1) is 0 Å². The van der Waals surface area contributed by atoms with Gasteiger partial charge in [0.15, 0.2) is 0 Å². The Morgan fingerprint density at radius 3 is 2.47 bits per heavy atom. The number of benzene rings is 2. The predicted octanol–water partition coefficient (Wildman–Crippen LogP) is 4.68. The molecule has 2 N–H and O–H groups in total. The van der Waals surface area contributed by atoms with Crippen molar-refractivity contribution in [3.63, 3.8) is 0 Å². The third kappa shape index (κ3) is 3.69. The highest BCUT2D eigenvalue weighted by atomic mass is 35.5. The Kier molecular flexibility index (Phi) is 4.46. The smallest absolute Gasteiger partial charge is 0.127 e. The number of halogens is 3. The third-order valence-corrected chi connectivity index (χ3v) is 3.40. The van der Waals surface area contributed by atoms with Crippen molar-refractivity contribution in [2.45, 2.75) is 19.4 Å². The molecule has 2 aromatic rings. The normalized spacial score (nSPS) is 12.5. The van der Waals surface area contributed by atoms with Crippen LogP contribution in [0.5, 0.6) is 0 Å². The molecule has 0 aliphatic heterocycles. The standard InChI is InChI=1S/C15H14Cl2FN/c1-9-4-11(6-13(17)5-9)15(19)7-10-2-3-12(16)8-14(10)18/h2-6,8,15H,7,19H2,1H3. The van der Waals surface area contributed by atoms with Crippen LogP contribution in [0.25, 0.3) is 0 Å². The van der Waals surface area contributed by atoms with Crippen LogP contribution >= 0.6 is 23.2 Å². The molecule has 0 heterocycles. The number of nitrogens with two attached hydrogens (primary N) is 1. The van der Waals surface area contributed by atoms with Crippen molar-refractivity contribution < 1.29 is 4.39 Å². The average Bonchev–Trinajstić information content (AvgIpc) is 2.31. The zero-order valence-corrected chi connectivity index (χ0v) is 12.0. The second-order valence-electron chi connectivity index (χ2n) is 4.61. The average molecular weight is 298 g/mol. The minimum atomic E-state index is -0.332. The molecule has 0 saturated carbocycles. The van der Waals surface area contributed by atoms with Crippen molar-refractivity contribution >= 4 is 23.2 Å². The highest BCUT2D eigenvalue weighted by Gasteiger charge is 2.12. The van der Waals surface area contributed by atoms with E-state index in [4.69, 9.17) is 28.9 Å². The lowest BCUT2D eigenvalue weighted by atomic mass is 9.98. The molecule has 1 atom stereocenters. The van der Waals surface area contributed by atoms with Crippen molar-refractivity contribution in [2.75, 3.05) is 0 Å². The Hall–Kier alpha value is -1.09. The summed E-state index contributed by atoms with van der Waals surface area (Å²) in [5.41, 5.74) is 8.60. The Morgan fingerprint density at radius 2 is 1.84 bits per heavy atom. The van der Waals surface area contributed by atoms with Crippen LogP contribution in [0.3, 0.4) is 0 Å². The predicted molar refractivity (Wildman–Crippen MR) is 78.2 cm³/mol. The second-order valence-corrected chi connectivity index (χ2v) is 5.48. The molecule has 0 fully saturated rings. The molecule has 0 spiro atoms. The lowest BCUT2D eigenvalue weighted by Gasteiger charge is -2.14. The first kappa shape index (κ1) is 14.3. The van der Waals surface area contributed by atoms with Gasteiger partial charge in [0.1, 0.15) is 5.82 Å². The maximum Gasteiger partial charge on any atom is 0.127 e. The minimum absolute atomic E-state index is 0.298. The summed E-state index contributed by atoms with van der Waals surface area (Å²) in [4.78, 5) is 0. The molecular formula is C15H14Cl2FN. The van der Waals surface area contributed by atoms with Gasteiger partial charge in [-0.3, -0.25) is 0 Å². The van der Waals surface area contributed by atoms with Gasteiger partial charge in [0.05, 0.1) is 0 Å². The molecule has 4 heteroatoms. The fourth-order valence-corrected chi connectivity index (χ4v) is 2.48. The maximum atomic E-state index is 13.7. The van der Waals surface area contributed by atoms with Crippen LogP contribution in [-0.2, 0) is 6.42 Å². The van der Waals surface area contributed by atoms with Crippen LogP contribution in [-0.4, -0.2) is 0 Å². The van der Waals surface area contributed by atoms with Gasteiger partial charge >= 0.3 is 0 Å². The number of hydrogen-bond donors (Lipinski definition) is 1. The summed E-state index contributed by atoms with van der Waals surface area (Å²) in [6.45, 7) is 1.95. The first-order chi connectivity index (χ1) is 8.95. The molecule has 1 unspecified atom stereocenters. The maximum absolute atomic E-state index is 13.7. The summed E-state index contributed by atoms with van der Waals surface area (Å²) in [5.74, 6) is -0.332. The van der Waals surface area contributed by atoms with E-state index in [0.717, 1.165) is 11.1 Å². The van der Waals surface area contributed by atoms with Crippen molar-refractivity contribution in [3.05, 3.63) is 69.0 Å². The van der Waals surface area contributed by atoms with Gasteiger partial charge in [0.25, 0.3) is 0 Å². The Morgan fingerprint density at radius 1 is 1.11 bits per heavy atom. The summed E-state index contributed by atoms with van der Waals surface area (Å²) < 4.78 is 13.7. The van der Waals surface area contributed by atoms with E-state index in [9.17, 15) is 4.39 Å². The summed E-state index contributed by atoms with van der Waals surface area (Å²) >= 11 is 11.7. The molecule has 0 aliphatic rings. The molecule has 0 radical (unpaired) electrons. The highest BCUT2D eigenvalue weighted by Crippen LogP contribution is 2.23. The number of hydrogen-bond acceptors (Lipinski definition) is 1. The Bertz CT molecular complexity index is 578.